The number of cyclic esters (lactones) is 1. The second kappa shape index (κ2) is 5.53. The SMILES string of the molecule is O=C1Nc2ccc(F)cc2C(C#Cc2cccnc2)(C(F)(F)F)O1. The number of hydrogen-bond acceptors (Lipinski definition) is 3. The molecule has 0 bridgehead atoms. The molecule has 1 atom stereocenters. The lowest BCUT2D eigenvalue weighted by Crippen LogP contribution is -2.49. The smallest absolute Gasteiger partial charge is 0.415 e. The van der Waals surface area contributed by atoms with Crippen LogP contribution in [-0.4, -0.2) is 17.3 Å². The lowest BCUT2D eigenvalue weighted by Gasteiger charge is -2.35. The molecular formula is C16H8F4N2O2. The molecule has 1 unspecified atom stereocenters. The average Bonchev–Trinajstić information content (AvgIpc) is 2.53. The van der Waals surface area contributed by atoms with Gasteiger partial charge in [-0.2, -0.15) is 13.2 Å². The minimum atomic E-state index is -5.08. The van der Waals surface area contributed by atoms with E-state index in [2.05, 4.69) is 21.0 Å². The highest BCUT2D eigenvalue weighted by molar-refractivity contribution is 5.89. The first-order chi connectivity index (χ1) is 11.3. The maximum Gasteiger partial charge on any atom is 0.445 e. The topological polar surface area (TPSA) is 51.2 Å². The third-order valence-corrected chi connectivity index (χ3v) is 3.29. The van der Waals surface area contributed by atoms with Crippen LogP contribution >= 0.6 is 0 Å². The van der Waals surface area contributed by atoms with Crippen LogP contribution in [0.4, 0.5) is 28.0 Å². The van der Waals surface area contributed by atoms with Crippen molar-refractivity contribution in [1.29, 1.82) is 0 Å². The third kappa shape index (κ3) is 2.65. The summed E-state index contributed by atoms with van der Waals surface area (Å²) < 4.78 is 59.2. The van der Waals surface area contributed by atoms with Crippen molar-refractivity contribution in [2.45, 2.75) is 11.8 Å². The molecule has 0 fully saturated rings. The fourth-order valence-electron chi connectivity index (χ4n) is 2.22. The number of carbonyl (C=O) groups is 1. The van der Waals surface area contributed by atoms with Crippen molar-refractivity contribution in [2.24, 2.45) is 0 Å². The zero-order valence-electron chi connectivity index (χ0n) is 11.8. The number of halogens is 4. The van der Waals surface area contributed by atoms with Gasteiger partial charge in [0.2, 0.25) is 0 Å². The van der Waals surface area contributed by atoms with Crippen LogP contribution in [0.25, 0.3) is 0 Å². The first-order valence-electron chi connectivity index (χ1n) is 6.62. The quantitative estimate of drug-likeness (QED) is 0.591. The molecule has 8 heteroatoms. The van der Waals surface area contributed by atoms with E-state index in [1.807, 2.05) is 5.92 Å². The van der Waals surface area contributed by atoms with Gasteiger partial charge in [0.25, 0.3) is 5.60 Å². The van der Waals surface area contributed by atoms with Gasteiger partial charge in [-0.25, -0.2) is 9.18 Å². The molecule has 0 aliphatic carbocycles. The Kier molecular flexibility index (Phi) is 3.64. The second-order valence-corrected chi connectivity index (χ2v) is 4.88. The Morgan fingerprint density at radius 3 is 2.71 bits per heavy atom. The van der Waals surface area contributed by atoms with E-state index in [-0.39, 0.29) is 11.3 Å². The molecule has 0 radical (unpaired) electrons. The summed E-state index contributed by atoms with van der Waals surface area (Å²) in [5.41, 5.74) is -3.92. The number of alkyl halides is 3. The molecule has 1 amide bonds. The zero-order valence-corrected chi connectivity index (χ0v) is 11.8. The molecule has 0 saturated carbocycles. The van der Waals surface area contributed by atoms with Gasteiger partial charge in [-0.15, -0.1) is 0 Å². The van der Waals surface area contributed by atoms with Crippen LogP contribution in [0, 0.1) is 17.7 Å². The van der Waals surface area contributed by atoms with Crippen molar-refractivity contribution in [3.63, 3.8) is 0 Å². The molecule has 2 aromatic rings. The van der Waals surface area contributed by atoms with Crippen LogP contribution in [0.2, 0.25) is 0 Å². The van der Waals surface area contributed by atoms with Gasteiger partial charge >= 0.3 is 12.3 Å². The highest BCUT2D eigenvalue weighted by atomic mass is 19.4. The summed E-state index contributed by atoms with van der Waals surface area (Å²) in [4.78, 5) is 15.3. The summed E-state index contributed by atoms with van der Waals surface area (Å²) >= 11 is 0. The molecule has 0 saturated heterocycles. The average molecular weight is 336 g/mol. The third-order valence-electron chi connectivity index (χ3n) is 3.29. The van der Waals surface area contributed by atoms with E-state index in [4.69, 9.17) is 0 Å². The summed E-state index contributed by atoms with van der Waals surface area (Å²) in [7, 11) is 0. The van der Waals surface area contributed by atoms with Crippen LogP contribution in [0.3, 0.4) is 0 Å². The molecule has 1 N–H and O–H groups in total. The number of pyridine rings is 1. The van der Waals surface area contributed by atoms with Crippen molar-refractivity contribution in [3.05, 3.63) is 59.7 Å². The fourth-order valence-corrected chi connectivity index (χ4v) is 2.22. The van der Waals surface area contributed by atoms with Crippen LogP contribution in [0.15, 0.2) is 42.7 Å². The van der Waals surface area contributed by atoms with Crippen molar-refractivity contribution >= 4 is 11.8 Å². The number of carbonyl (C=O) groups excluding carboxylic acids is 1. The molecule has 1 aliphatic rings. The molecular weight excluding hydrogens is 328 g/mol. The second-order valence-electron chi connectivity index (χ2n) is 4.88. The van der Waals surface area contributed by atoms with Crippen LogP contribution < -0.4 is 5.32 Å². The van der Waals surface area contributed by atoms with E-state index in [9.17, 15) is 22.4 Å². The highest BCUT2D eigenvalue weighted by Gasteiger charge is 2.62. The standard InChI is InChI=1S/C16H8F4N2O2/c17-11-3-4-13-12(8-11)15(16(18,19)20,24-14(23)22-13)6-5-10-2-1-7-21-9-10/h1-4,7-9H,(H,22,23). The minimum absolute atomic E-state index is 0.189. The summed E-state index contributed by atoms with van der Waals surface area (Å²) in [6.45, 7) is 0. The van der Waals surface area contributed by atoms with E-state index in [0.29, 0.717) is 6.07 Å². The maximum absolute atomic E-state index is 13.7. The fraction of sp³-hybridized carbons (Fsp3) is 0.125. The van der Waals surface area contributed by atoms with Crippen molar-refractivity contribution in [3.8, 4) is 11.8 Å². The predicted octanol–water partition coefficient (Wildman–Crippen LogP) is 3.59. The molecule has 4 nitrogen and oxygen atoms in total. The van der Waals surface area contributed by atoms with E-state index in [0.717, 1.165) is 12.1 Å². The summed E-state index contributed by atoms with van der Waals surface area (Å²) in [5.74, 6) is 3.31. The van der Waals surface area contributed by atoms with E-state index in [1.165, 1.54) is 24.5 Å². The number of hydrogen-bond donors (Lipinski definition) is 1. The van der Waals surface area contributed by atoms with Crippen molar-refractivity contribution in [1.82, 2.24) is 4.98 Å². The van der Waals surface area contributed by atoms with Gasteiger partial charge in [-0.1, -0.05) is 5.92 Å². The van der Waals surface area contributed by atoms with Gasteiger partial charge in [0, 0.05) is 23.5 Å². The normalized spacial score (nSPS) is 19.4. The Morgan fingerprint density at radius 1 is 1.25 bits per heavy atom. The van der Waals surface area contributed by atoms with Crippen molar-refractivity contribution in [2.75, 3.05) is 5.32 Å². The molecule has 122 valence electrons. The van der Waals surface area contributed by atoms with E-state index in [1.54, 1.807) is 0 Å². The van der Waals surface area contributed by atoms with Crippen LogP contribution in [0.5, 0.6) is 0 Å². The Morgan fingerprint density at radius 2 is 2.04 bits per heavy atom. The Hall–Kier alpha value is -3.08. The largest absolute Gasteiger partial charge is 0.445 e. The lowest BCUT2D eigenvalue weighted by atomic mass is 9.90. The number of rotatable bonds is 0. The Balaban J connectivity index is 2.23. The molecule has 1 aliphatic heterocycles. The lowest BCUT2D eigenvalue weighted by molar-refractivity contribution is -0.239. The number of nitrogens with zero attached hydrogens (tertiary/aromatic N) is 1. The van der Waals surface area contributed by atoms with E-state index >= 15 is 0 Å². The number of amides is 1. The highest BCUT2D eigenvalue weighted by Crippen LogP contribution is 2.47. The number of nitrogens with one attached hydrogen (secondary N) is 1. The number of aromatic nitrogens is 1. The van der Waals surface area contributed by atoms with Crippen molar-refractivity contribution < 1.29 is 27.1 Å². The summed E-state index contributed by atoms with van der Waals surface area (Å²) in [6.07, 6.45) is -3.72. The van der Waals surface area contributed by atoms with Gasteiger partial charge in [-0.05, 0) is 36.3 Å². The number of benzene rings is 1. The monoisotopic (exact) mass is 336 g/mol. The maximum atomic E-state index is 13.7. The summed E-state index contributed by atoms with van der Waals surface area (Å²) in [6, 6.07) is 5.53. The molecule has 2 heterocycles. The molecule has 1 aromatic heterocycles. The van der Waals surface area contributed by atoms with Crippen LogP contribution in [-0.2, 0) is 10.3 Å². The van der Waals surface area contributed by atoms with E-state index < -0.39 is 29.3 Å². The summed E-state index contributed by atoms with van der Waals surface area (Å²) in [5, 5.41) is 2.10. The van der Waals surface area contributed by atoms with Gasteiger partial charge in [0.15, 0.2) is 0 Å². The van der Waals surface area contributed by atoms with Gasteiger partial charge in [0.05, 0.1) is 5.69 Å². The molecule has 1 aromatic carbocycles. The van der Waals surface area contributed by atoms with Crippen LogP contribution in [0.1, 0.15) is 11.1 Å². The number of fused-ring (bicyclic) bond motifs is 1. The predicted molar refractivity (Wildman–Crippen MR) is 75.4 cm³/mol. The molecule has 3 rings (SSSR count). The Bertz CT molecular complexity index is 856. The first kappa shape index (κ1) is 15.8. The first-order valence-corrected chi connectivity index (χ1v) is 6.62. The minimum Gasteiger partial charge on any atom is -0.415 e. The van der Waals surface area contributed by atoms with Gasteiger partial charge < -0.3 is 4.74 Å². The number of anilines is 1. The molecule has 24 heavy (non-hydrogen) atoms. The van der Waals surface area contributed by atoms with Gasteiger partial charge in [-0.3, -0.25) is 10.3 Å². The molecule has 0 spiro atoms. The number of ether oxygens (including phenoxy) is 1. The van der Waals surface area contributed by atoms with Gasteiger partial charge in [0.1, 0.15) is 5.82 Å². The Labute approximate surface area is 133 Å². The zero-order chi connectivity index (χ0) is 17.4.